The van der Waals surface area contributed by atoms with E-state index in [1.54, 1.807) is 0 Å². The molecular formula is C12H16N2O2. The van der Waals surface area contributed by atoms with E-state index in [9.17, 15) is 4.79 Å². The van der Waals surface area contributed by atoms with Crippen LogP contribution in [-0.4, -0.2) is 21.0 Å². The van der Waals surface area contributed by atoms with Crippen LogP contribution >= 0.6 is 0 Å². The van der Waals surface area contributed by atoms with Crippen LogP contribution in [0.15, 0.2) is 6.20 Å². The molecule has 4 nitrogen and oxygen atoms in total. The lowest BCUT2D eigenvalue weighted by Crippen LogP contribution is -2.13. The maximum Gasteiger partial charge on any atom is 0.339 e. The van der Waals surface area contributed by atoms with Gasteiger partial charge >= 0.3 is 5.97 Å². The van der Waals surface area contributed by atoms with Gasteiger partial charge < -0.3 is 5.11 Å². The van der Waals surface area contributed by atoms with E-state index in [1.165, 1.54) is 6.20 Å². The van der Waals surface area contributed by atoms with Crippen LogP contribution in [-0.2, 0) is 11.8 Å². The van der Waals surface area contributed by atoms with Crippen molar-refractivity contribution in [1.82, 2.24) is 9.97 Å². The first kappa shape index (κ1) is 11.0. The maximum atomic E-state index is 11.0. The van der Waals surface area contributed by atoms with Gasteiger partial charge in [-0.05, 0) is 19.3 Å². The lowest BCUT2D eigenvalue weighted by Gasteiger charge is -2.10. The highest BCUT2D eigenvalue weighted by Gasteiger charge is 2.42. The summed E-state index contributed by atoms with van der Waals surface area (Å²) in [7, 11) is 0. The Morgan fingerprint density at radius 1 is 1.56 bits per heavy atom. The molecule has 0 saturated heterocycles. The van der Waals surface area contributed by atoms with Gasteiger partial charge in [-0.1, -0.05) is 20.3 Å². The average Bonchev–Trinajstić information content (AvgIpc) is 2.98. The quantitative estimate of drug-likeness (QED) is 0.844. The summed E-state index contributed by atoms with van der Waals surface area (Å²) < 4.78 is 0. The Labute approximate surface area is 94.7 Å². The maximum absolute atomic E-state index is 11.0. The van der Waals surface area contributed by atoms with Gasteiger partial charge in [-0.3, -0.25) is 0 Å². The SMILES string of the molecule is CCCc1nc(C2(C)CC2)ncc1C(=O)O. The molecular weight excluding hydrogens is 204 g/mol. The van der Waals surface area contributed by atoms with Gasteiger partial charge in [0.15, 0.2) is 0 Å². The Hall–Kier alpha value is -1.45. The molecule has 16 heavy (non-hydrogen) atoms. The smallest absolute Gasteiger partial charge is 0.339 e. The van der Waals surface area contributed by atoms with Gasteiger partial charge in [0.1, 0.15) is 5.82 Å². The Bertz CT molecular complexity index is 425. The first-order chi connectivity index (χ1) is 7.57. The zero-order valence-corrected chi connectivity index (χ0v) is 9.66. The molecule has 1 aliphatic carbocycles. The fourth-order valence-corrected chi connectivity index (χ4v) is 1.73. The molecule has 1 aromatic rings. The Morgan fingerprint density at radius 2 is 2.25 bits per heavy atom. The number of hydrogen-bond acceptors (Lipinski definition) is 3. The summed E-state index contributed by atoms with van der Waals surface area (Å²) in [6.45, 7) is 4.14. The predicted octanol–water partition coefficient (Wildman–Crippen LogP) is 2.18. The Balaban J connectivity index is 2.39. The fourth-order valence-electron chi connectivity index (χ4n) is 1.73. The molecule has 86 valence electrons. The van der Waals surface area contributed by atoms with E-state index >= 15 is 0 Å². The van der Waals surface area contributed by atoms with Gasteiger partial charge in [-0.15, -0.1) is 0 Å². The van der Waals surface area contributed by atoms with Crippen LogP contribution < -0.4 is 0 Å². The van der Waals surface area contributed by atoms with Crippen molar-refractivity contribution in [2.75, 3.05) is 0 Å². The summed E-state index contributed by atoms with van der Waals surface area (Å²) in [6.07, 6.45) is 5.26. The van der Waals surface area contributed by atoms with Crippen LogP contribution in [0.5, 0.6) is 0 Å². The minimum atomic E-state index is -0.934. The highest BCUT2D eigenvalue weighted by molar-refractivity contribution is 5.88. The van der Waals surface area contributed by atoms with Crippen molar-refractivity contribution < 1.29 is 9.90 Å². The summed E-state index contributed by atoms with van der Waals surface area (Å²) in [4.78, 5) is 19.6. The third kappa shape index (κ3) is 1.92. The molecule has 1 fully saturated rings. The van der Waals surface area contributed by atoms with Gasteiger partial charge in [0.05, 0.1) is 11.3 Å². The topological polar surface area (TPSA) is 63.1 Å². The third-order valence-corrected chi connectivity index (χ3v) is 3.12. The summed E-state index contributed by atoms with van der Waals surface area (Å²) in [5.41, 5.74) is 1.02. The van der Waals surface area contributed by atoms with Gasteiger partial charge in [0.25, 0.3) is 0 Å². The molecule has 0 aliphatic heterocycles. The normalized spacial score (nSPS) is 17.1. The monoisotopic (exact) mass is 220 g/mol. The van der Waals surface area contributed by atoms with Crippen molar-refractivity contribution in [2.24, 2.45) is 0 Å². The summed E-state index contributed by atoms with van der Waals surface area (Å²) in [6, 6.07) is 0. The van der Waals surface area contributed by atoms with Crippen LogP contribution in [0.2, 0.25) is 0 Å². The molecule has 0 unspecified atom stereocenters. The van der Waals surface area contributed by atoms with E-state index in [4.69, 9.17) is 5.11 Å². The molecule has 1 N–H and O–H groups in total. The molecule has 2 rings (SSSR count). The molecule has 1 saturated carbocycles. The lowest BCUT2D eigenvalue weighted by atomic mass is 10.1. The second-order valence-electron chi connectivity index (χ2n) is 4.67. The van der Waals surface area contributed by atoms with Crippen LogP contribution in [0.1, 0.15) is 55.0 Å². The van der Waals surface area contributed by atoms with Gasteiger partial charge in [0.2, 0.25) is 0 Å². The second kappa shape index (κ2) is 3.85. The lowest BCUT2D eigenvalue weighted by molar-refractivity contribution is 0.0694. The third-order valence-electron chi connectivity index (χ3n) is 3.12. The molecule has 1 aliphatic rings. The molecule has 0 amide bonds. The van der Waals surface area contributed by atoms with E-state index in [2.05, 4.69) is 16.9 Å². The van der Waals surface area contributed by atoms with E-state index in [1.807, 2.05) is 6.92 Å². The van der Waals surface area contributed by atoms with Gasteiger partial charge in [-0.2, -0.15) is 0 Å². The summed E-state index contributed by atoms with van der Waals surface area (Å²) in [5.74, 6) is -0.128. The van der Waals surface area contributed by atoms with Crippen LogP contribution in [0.3, 0.4) is 0 Å². The van der Waals surface area contributed by atoms with E-state index < -0.39 is 5.97 Å². The van der Waals surface area contributed by atoms with Gasteiger partial charge in [0, 0.05) is 11.6 Å². The highest BCUT2D eigenvalue weighted by Crippen LogP contribution is 2.45. The number of carbonyl (C=O) groups is 1. The fraction of sp³-hybridized carbons (Fsp3) is 0.583. The van der Waals surface area contributed by atoms with Crippen molar-refractivity contribution in [1.29, 1.82) is 0 Å². The molecule has 1 heterocycles. The first-order valence-electron chi connectivity index (χ1n) is 5.66. The molecule has 0 aromatic carbocycles. The number of aromatic nitrogens is 2. The van der Waals surface area contributed by atoms with E-state index in [-0.39, 0.29) is 11.0 Å². The molecule has 0 bridgehead atoms. The number of aromatic carboxylic acids is 1. The van der Waals surface area contributed by atoms with E-state index in [0.717, 1.165) is 25.1 Å². The molecule has 0 atom stereocenters. The highest BCUT2D eigenvalue weighted by atomic mass is 16.4. The zero-order chi connectivity index (χ0) is 11.8. The number of aryl methyl sites for hydroxylation is 1. The largest absolute Gasteiger partial charge is 0.478 e. The van der Waals surface area contributed by atoms with Crippen molar-refractivity contribution in [3.8, 4) is 0 Å². The molecule has 4 heteroatoms. The first-order valence-corrected chi connectivity index (χ1v) is 5.66. The van der Waals surface area contributed by atoms with Crippen molar-refractivity contribution >= 4 is 5.97 Å². The average molecular weight is 220 g/mol. The van der Waals surface area contributed by atoms with Crippen molar-refractivity contribution in [3.63, 3.8) is 0 Å². The second-order valence-corrected chi connectivity index (χ2v) is 4.67. The van der Waals surface area contributed by atoms with Crippen LogP contribution in [0.4, 0.5) is 0 Å². The predicted molar refractivity (Wildman–Crippen MR) is 59.6 cm³/mol. The Morgan fingerprint density at radius 3 is 2.75 bits per heavy atom. The van der Waals surface area contributed by atoms with E-state index in [0.29, 0.717) is 12.1 Å². The number of carboxylic acids is 1. The number of nitrogens with zero attached hydrogens (tertiary/aromatic N) is 2. The molecule has 0 spiro atoms. The zero-order valence-electron chi connectivity index (χ0n) is 9.66. The Kier molecular flexibility index (Phi) is 2.66. The number of rotatable bonds is 4. The molecule has 0 radical (unpaired) electrons. The minimum absolute atomic E-state index is 0.0968. The minimum Gasteiger partial charge on any atom is -0.478 e. The van der Waals surface area contributed by atoms with Gasteiger partial charge in [-0.25, -0.2) is 14.8 Å². The number of hydrogen-bond donors (Lipinski definition) is 1. The van der Waals surface area contributed by atoms with Crippen molar-refractivity contribution in [2.45, 2.75) is 44.9 Å². The number of carboxylic acid groups (broad SMARTS) is 1. The van der Waals surface area contributed by atoms with Crippen molar-refractivity contribution in [3.05, 3.63) is 23.3 Å². The van der Waals surface area contributed by atoms with Crippen LogP contribution in [0, 0.1) is 0 Å². The van der Waals surface area contributed by atoms with Crippen LogP contribution in [0.25, 0.3) is 0 Å². The summed E-state index contributed by atoms with van der Waals surface area (Å²) in [5, 5.41) is 9.02. The standard InChI is InChI=1S/C12H16N2O2/c1-3-4-9-8(10(15)16)7-13-11(14-9)12(2)5-6-12/h7H,3-6H2,1-2H3,(H,15,16). The summed E-state index contributed by atoms with van der Waals surface area (Å²) >= 11 is 0. The molecule has 1 aromatic heterocycles.